The van der Waals surface area contributed by atoms with E-state index in [0.29, 0.717) is 16.9 Å². The monoisotopic (exact) mass is 325 g/mol. The van der Waals surface area contributed by atoms with Gasteiger partial charge in [-0.25, -0.2) is 13.2 Å². The number of esters is 1. The van der Waals surface area contributed by atoms with Crippen LogP contribution >= 0.6 is 11.8 Å². The Bertz CT molecular complexity index is 678. The zero-order valence-electron chi connectivity index (χ0n) is 11.5. The molecule has 1 aromatic rings. The van der Waals surface area contributed by atoms with Crippen molar-refractivity contribution in [3.05, 3.63) is 29.8 Å². The van der Waals surface area contributed by atoms with Crippen LogP contribution in [0.1, 0.15) is 23.7 Å². The summed E-state index contributed by atoms with van der Waals surface area (Å²) in [5, 5.41) is 8.64. The summed E-state index contributed by atoms with van der Waals surface area (Å²) in [5.41, 5.74) is 0.369. The average Bonchev–Trinajstić information content (AvgIpc) is 2.78. The van der Waals surface area contributed by atoms with Gasteiger partial charge in [0.25, 0.3) is 0 Å². The lowest BCUT2D eigenvalue weighted by molar-refractivity contribution is 0.0431. The molecule has 2 atom stereocenters. The van der Waals surface area contributed by atoms with Crippen LogP contribution < -0.4 is 0 Å². The fourth-order valence-electron chi connectivity index (χ4n) is 2.02. The number of hydrogen-bond acceptors (Lipinski definition) is 6. The molecule has 1 heterocycles. The number of carbonyl (C=O) groups excluding carboxylic acids is 1. The molecule has 0 radical (unpaired) electrons. The van der Waals surface area contributed by atoms with Crippen molar-refractivity contribution in [3.8, 4) is 6.07 Å². The number of nitrogens with zero attached hydrogens (tertiary/aromatic N) is 1. The van der Waals surface area contributed by atoms with Crippen molar-refractivity contribution in [2.75, 3.05) is 11.5 Å². The third-order valence-corrected chi connectivity index (χ3v) is 6.38. The molecule has 1 saturated heterocycles. The van der Waals surface area contributed by atoms with Gasteiger partial charge < -0.3 is 4.74 Å². The van der Waals surface area contributed by atoms with E-state index in [1.807, 2.05) is 6.07 Å². The molecule has 0 N–H and O–H groups in total. The molecule has 0 unspecified atom stereocenters. The number of benzene rings is 1. The van der Waals surface area contributed by atoms with Gasteiger partial charge in [0.05, 0.1) is 17.1 Å². The first kappa shape index (κ1) is 15.9. The Morgan fingerprint density at radius 1 is 1.48 bits per heavy atom. The van der Waals surface area contributed by atoms with Crippen LogP contribution in [0, 0.1) is 11.3 Å². The number of carbonyl (C=O) groups is 1. The molecule has 1 fully saturated rings. The summed E-state index contributed by atoms with van der Waals surface area (Å²) < 4.78 is 28.0. The van der Waals surface area contributed by atoms with Gasteiger partial charge in [-0.2, -0.15) is 5.26 Å². The van der Waals surface area contributed by atoms with E-state index < -0.39 is 21.9 Å². The summed E-state index contributed by atoms with van der Waals surface area (Å²) in [6.45, 7) is 1.50. The van der Waals surface area contributed by atoms with E-state index in [4.69, 9.17) is 10.00 Å². The highest BCUT2D eigenvalue weighted by Crippen LogP contribution is 2.33. The van der Waals surface area contributed by atoms with Gasteiger partial charge in [-0.3, -0.25) is 0 Å². The fourth-order valence-corrected chi connectivity index (χ4v) is 5.64. The number of hydrogen-bond donors (Lipinski definition) is 0. The molecular formula is C14H15NO4S2. The molecular weight excluding hydrogens is 310 g/mol. The molecule has 0 aliphatic carbocycles. The third kappa shape index (κ3) is 4.22. The van der Waals surface area contributed by atoms with Gasteiger partial charge in [0.2, 0.25) is 0 Å². The van der Waals surface area contributed by atoms with Gasteiger partial charge in [0, 0.05) is 10.1 Å². The minimum atomic E-state index is -2.95. The molecule has 7 heteroatoms. The molecule has 0 saturated carbocycles. The molecule has 21 heavy (non-hydrogen) atoms. The van der Waals surface area contributed by atoms with Crippen molar-refractivity contribution >= 4 is 27.6 Å². The van der Waals surface area contributed by atoms with Crippen LogP contribution in [0.5, 0.6) is 0 Å². The molecule has 1 aliphatic rings. The summed E-state index contributed by atoms with van der Waals surface area (Å²) in [6, 6.07) is 8.73. The van der Waals surface area contributed by atoms with Gasteiger partial charge in [-0.1, -0.05) is 12.1 Å². The van der Waals surface area contributed by atoms with Crippen molar-refractivity contribution in [1.82, 2.24) is 0 Å². The maximum atomic E-state index is 12.0. The Morgan fingerprint density at radius 2 is 2.19 bits per heavy atom. The smallest absolute Gasteiger partial charge is 0.340 e. The van der Waals surface area contributed by atoms with E-state index in [-0.39, 0.29) is 16.8 Å². The molecule has 0 spiro atoms. The van der Waals surface area contributed by atoms with Gasteiger partial charge in [0.15, 0.2) is 15.9 Å². The van der Waals surface area contributed by atoms with E-state index in [2.05, 4.69) is 0 Å². The number of sulfone groups is 1. The number of ether oxygens (including phenoxy) is 1. The SMILES string of the molecule is C[C@@H](C#N)OC(=O)c1ccccc1S[C@@H]1CCS(=O)(=O)C1. The second kappa shape index (κ2) is 6.50. The lowest BCUT2D eigenvalue weighted by Crippen LogP contribution is -2.14. The Kier molecular flexibility index (Phi) is 4.91. The quantitative estimate of drug-likeness (QED) is 0.788. The van der Waals surface area contributed by atoms with E-state index in [0.717, 1.165) is 0 Å². The Morgan fingerprint density at radius 3 is 2.81 bits per heavy atom. The van der Waals surface area contributed by atoms with Gasteiger partial charge in [-0.15, -0.1) is 11.8 Å². The summed E-state index contributed by atoms with van der Waals surface area (Å²) in [4.78, 5) is 12.7. The lowest BCUT2D eigenvalue weighted by Gasteiger charge is -2.12. The molecule has 0 amide bonds. The van der Waals surface area contributed by atoms with Crippen molar-refractivity contribution in [1.29, 1.82) is 5.26 Å². The lowest BCUT2D eigenvalue weighted by atomic mass is 10.2. The Hall–Kier alpha value is -1.52. The van der Waals surface area contributed by atoms with Gasteiger partial charge in [0.1, 0.15) is 6.07 Å². The van der Waals surface area contributed by atoms with Gasteiger partial charge in [-0.05, 0) is 25.5 Å². The molecule has 0 aromatic heterocycles. The minimum absolute atomic E-state index is 0.0441. The standard InChI is InChI=1S/C14H15NO4S2/c1-10(8-15)19-14(16)12-4-2-3-5-13(12)20-11-6-7-21(17,18)9-11/h2-5,10-11H,6-7,9H2,1H3/t10-,11+/m0/s1. The van der Waals surface area contributed by atoms with Crippen LogP contribution in [-0.2, 0) is 14.6 Å². The first-order valence-corrected chi connectivity index (χ1v) is 9.18. The van der Waals surface area contributed by atoms with Crippen molar-refractivity contribution in [3.63, 3.8) is 0 Å². The zero-order valence-corrected chi connectivity index (χ0v) is 13.1. The van der Waals surface area contributed by atoms with Crippen LogP contribution in [0.2, 0.25) is 0 Å². The fraction of sp³-hybridized carbons (Fsp3) is 0.429. The second-order valence-corrected chi connectivity index (χ2v) is 8.39. The molecule has 1 aromatic carbocycles. The van der Waals surface area contributed by atoms with Gasteiger partial charge >= 0.3 is 5.97 Å². The molecule has 0 bridgehead atoms. The van der Waals surface area contributed by atoms with E-state index in [1.54, 1.807) is 24.3 Å². The maximum Gasteiger partial charge on any atom is 0.340 e. The van der Waals surface area contributed by atoms with Crippen LogP contribution in [0.4, 0.5) is 0 Å². The summed E-state index contributed by atoms with van der Waals surface area (Å²) in [5.74, 6) is -0.230. The highest BCUT2D eigenvalue weighted by molar-refractivity contribution is 8.02. The highest BCUT2D eigenvalue weighted by Gasteiger charge is 2.29. The maximum absolute atomic E-state index is 12.0. The van der Waals surface area contributed by atoms with E-state index in [1.165, 1.54) is 18.7 Å². The first-order chi connectivity index (χ1) is 9.91. The van der Waals surface area contributed by atoms with Crippen molar-refractivity contribution in [2.45, 2.75) is 29.6 Å². The van der Waals surface area contributed by atoms with Crippen LogP contribution in [0.25, 0.3) is 0 Å². The zero-order chi connectivity index (χ0) is 15.5. The average molecular weight is 325 g/mol. The summed E-state index contributed by atoms with van der Waals surface area (Å²) >= 11 is 1.38. The molecule has 1 aliphatic heterocycles. The topological polar surface area (TPSA) is 84.2 Å². The molecule has 5 nitrogen and oxygen atoms in total. The number of thioether (sulfide) groups is 1. The molecule has 2 rings (SSSR count). The largest absolute Gasteiger partial charge is 0.444 e. The predicted octanol–water partition coefficient (Wildman–Crippen LogP) is 2.03. The third-order valence-electron chi connectivity index (χ3n) is 3.06. The second-order valence-electron chi connectivity index (χ2n) is 4.82. The van der Waals surface area contributed by atoms with Crippen molar-refractivity contribution in [2.24, 2.45) is 0 Å². The van der Waals surface area contributed by atoms with Crippen LogP contribution in [0.15, 0.2) is 29.2 Å². The minimum Gasteiger partial charge on any atom is -0.444 e. The number of rotatable bonds is 4. The Balaban J connectivity index is 2.14. The van der Waals surface area contributed by atoms with E-state index in [9.17, 15) is 13.2 Å². The Labute approximate surface area is 128 Å². The van der Waals surface area contributed by atoms with Crippen LogP contribution in [0.3, 0.4) is 0 Å². The van der Waals surface area contributed by atoms with Crippen LogP contribution in [-0.4, -0.2) is 37.2 Å². The highest BCUT2D eigenvalue weighted by atomic mass is 32.2. The summed E-state index contributed by atoms with van der Waals surface area (Å²) in [6.07, 6.45) is -0.229. The number of nitriles is 1. The summed E-state index contributed by atoms with van der Waals surface area (Å²) in [7, 11) is -2.95. The van der Waals surface area contributed by atoms with Crippen molar-refractivity contribution < 1.29 is 17.9 Å². The van der Waals surface area contributed by atoms with E-state index >= 15 is 0 Å². The molecule has 112 valence electrons. The normalized spacial score (nSPS) is 21.4. The predicted molar refractivity (Wildman–Crippen MR) is 79.8 cm³/mol. The first-order valence-electron chi connectivity index (χ1n) is 6.48.